The fraction of sp³-hybridized carbons (Fsp3) is 0.545. The second-order valence-electron chi connectivity index (χ2n) is 7.61. The summed E-state index contributed by atoms with van der Waals surface area (Å²) >= 11 is 0. The van der Waals surface area contributed by atoms with Crippen LogP contribution in [0.2, 0.25) is 0 Å². The van der Waals surface area contributed by atoms with Crippen LogP contribution in [0.25, 0.3) is 10.9 Å². The number of carbonyl (C=O) groups excluding carboxylic acids is 2. The molecular weight excluding hydrogens is 338 g/mol. The van der Waals surface area contributed by atoms with Crippen molar-refractivity contribution in [2.75, 3.05) is 19.6 Å². The molecule has 1 atom stereocenters. The number of fused-ring (bicyclic) bond motifs is 1. The number of unbranched alkanes of at least 4 members (excludes halogenated alkanes) is 3. The highest BCUT2D eigenvalue weighted by molar-refractivity contribution is 6.08. The summed E-state index contributed by atoms with van der Waals surface area (Å²) in [4.78, 5) is 30.8. The highest BCUT2D eigenvalue weighted by Crippen LogP contribution is 2.26. The predicted octanol–water partition coefficient (Wildman–Crippen LogP) is 4.03. The maximum absolute atomic E-state index is 13.2. The van der Waals surface area contributed by atoms with Gasteiger partial charge in [0.2, 0.25) is 5.91 Å². The van der Waals surface area contributed by atoms with Crippen molar-refractivity contribution in [1.82, 2.24) is 15.2 Å². The van der Waals surface area contributed by atoms with Gasteiger partial charge in [-0.25, -0.2) is 0 Å². The van der Waals surface area contributed by atoms with Crippen LogP contribution in [0.15, 0.2) is 24.3 Å². The Morgan fingerprint density at radius 1 is 1.22 bits per heavy atom. The van der Waals surface area contributed by atoms with Crippen LogP contribution < -0.4 is 5.32 Å². The van der Waals surface area contributed by atoms with E-state index in [1.165, 1.54) is 12.8 Å². The molecule has 0 saturated carbocycles. The van der Waals surface area contributed by atoms with Crippen molar-refractivity contribution in [1.29, 1.82) is 0 Å². The Morgan fingerprint density at radius 2 is 2.04 bits per heavy atom. The van der Waals surface area contributed by atoms with Gasteiger partial charge in [0.05, 0.1) is 11.5 Å². The number of nitrogens with zero attached hydrogens (tertiary/aromatic N) is 1. The van der Waals surface area contributed by atoms with E-state index in [0.717, 1.165) is 60.9 Å². The Hall–Kier alpha value is -2.30. The second kappa shape index (κ2) is 9.07. The van der Waals surface area contributed by atoms with Gasteiger partial charge in [0.1, 0.15) is 0 Å². The third-order valence-electron chi connectivity index (χ3n) is 5.52. The van der Waals surface area contributed by atoms with Crippen LogP contribution >= 0.6 is 0 Å². The summed E-state index contributed by atoms with van der Waals surface area (Å²) < 4.78 is 0. The van der Waals surface area contributed by atoms with E-state index < -0.39 is 0 Å². The highest BCUT2D eigenvalue weighted by atomic mass is 16.2. The number of hydrogen-bond donors (Lipinski definition) is 2. The summed E-state index contributed by atoms with van der Waals surface area (Å²) in [7, 11) is 0. The van der Waals surface area contributed by atoms with Gasteiger partial charge in [-0.2, -0.15) is 0 Å². The average molecular weight is 370 g/mol. The first-order chi connectivity index (χ1) is 13.1. The number of aromatic nitrogens is 1. The van der Waals surface area contributed by atoms with Crippen LogP contribution in [-0.4, -0.2) is 41.3 Å². The number of benzene rings is 1. The number of H-pyrrole nitrogens is 1. The molecule has 3 rings (SSSR count). The van der Waals surface area contributed by atoms with Crippen LogP contribution in [0.1, 0.15) is 61.5 Å². The van der Waals surface area contributed by atoms with Crippen molar-refractivity contribution < 1.29 is 9.59 Å². The first-order valence-corrected chi connectivity index (χ1v) is 10.3. The fourth-order valence-corrected chi connectivity index (χ4v) is 3.99. The lowest BCUT2D eigenvalue weighted by atomic mass is 9.96. The van der Waals surface area contributed by atoms with E-state index in [0.29, 0.717) is 6.54 Å². The lowest BCUT2D eigenvalue weighted by Crippen LogP contribution is -2.45. The van der Waals surface area contributed by atoms with Crippen molar-refractivity contribution in [3.8, 4) is 0 Å². The van der Waals surface area contributed by atoms with E-state index in [1.807, 2.05) is 36.1 Å². The molecule has 0 bridgehead atoms. The molecule has 5 heteroatoms. The maximum atomic E-state index is 13.2. The van der Waals surface area contributed by atoms with Gasteiger partial charge in [-0.3, -0.25) is 9.59 Å². The van der Waals surface area contributed by atoms with Crippen LogP contribution in [0.3, 0.4) is 0 Å². The number of hydrogen-bond acceptors (Lipinski definition) is 2. The molecule has 2 heterocycles. The zero-order valence-corrected chi connectivity index (χ0v) is 16.5. The quantitative estimate of drug-likeness (QED) is 0.724. The zero-order chi connectivity index (χ0) is 19.2. The monoisotopic (exact) mass is 369 g/mol. The molecule has 2 aromatic rings. The molecule has 1 aliphatic rings. The first kappa shape index (κ1) is 19.5. The standard InChI is InChI=1S/C22H31N3O2/c1-3-4-5-8-13-23-21(26)17-10-9-14-25(15-17)22(27)20-16(2)24-19-12-7-6-11-18(19)20/h6-7,11-12,17,24H,3-5,8-10,13-15H2,1-2H3,(H,23,26). The normalized spacial score (nSPS) is 17.3. The molecule has 2 N–H and O–H groups in total. The molecule has 146 valence electrons. The number of nitrogens with one attached hydrogen (secondary N) is 2. The Morgan fingerprint density at radius 3 is 2.85 bits per heavy atom. The third kappa shape index (κ3) is 4.52. The van der Waals surface area contributed by atoms with E-state index >= 15 is 0 Å². The lowest BCUT2D eigenvalue weighted by Gasteiger charge is -2.32. The molecule has 1 aromatic carbocycles. The number of para-hydroxylation sites is 1. The van der Waals surface area contributed by atoms with Gasteiger partial charge in [0, 0.05) is 36.2 Å². The number of amides is 2. The Balaban J connectivity index is 1.62. The molecule has 1 aliphatic heterocycles. The first-order valence-electron chi connectivity index (χ1n) is 10.3. The van der Waals surface area contributed by atoms with Crippen molar-refractivity contribution >= 4 is 22.7 Å². The van der Waals surface area contributed by atoms with Gasteiger partial charge >= 0.3 is 0 Å². The minimum absolute atomic E-state index is 0.0328. The number of rotatable bonds is 7. The van der Waals surface area contributed by atoms with Crippen molar-refractivity contribution in [3.05, 3.63) is 35.5 Å². The molecule has 0 aliphatic carbocycles. The van der Waals surface area contributed by atoms with Gasteiger partial charge < -0.3 is 15.2 Å². The fourth-order valence-electron chi connectivity index (χ4n) is 3.99. The average Bonchev–Trinajstić information content (AvgIpc) is 3.03. The van der Waals surface area contributed by atoms with Crippen LogP contribution in [0.5, 0.6) is 0 Å². The molecule has 1 saturated heterocycles. The number of piperidine rings is 1. The summed E-state index contributed by atoms with van der Waals surface area (Å²) in [6.45, 7) is 6.10. The molecule has 2 amide bonds. The van der Waals surface area contributed by atoms with Crippen LogP contribution in [0, 0.1) is 12.8 Å². The summed E-state index contributed by atoms with van der Waals surface area (Å²) in [5, 5.41) is 4.02. The van der Waals surface area contributed by atoms with Crippen LogP contribution in [-0.2, 0) is 4.79 Å². The van der Waals surface area contributed by atoms with E-state index in [2.05, 4.69) is 17.2 Å². The van der Waals surface area contributed by atoms with E-state index in [1.54, 1.807) is 0 Å². The Labute approximate surface area is 161 Å². The number of aryl methyl sites for hydroxylation is 1. The topological polar surface area (TPSA) is 65.2 Å². The Kier molecular flexibility index (Phi) is 6.54. The van der Waals surface area contributed by atoms with E-state index in [9.17, 15) is 9.59 Å². The SMILES string of the molecule is CCCCCCNC(=O)C1CCCN(C(=O)c2c(C)[nH]c3ccccc23)C1. The van der Waals surface area contributed by atoms with Crippen molar-refractivity contribution in [2.24, 2.45) is 5.92 Å². The minimum atomic E-state index is -0.0978. The van der Waals surface area contributed by atoms with Crippen molar-refractivity contribution in [3.63, 3.8) is 0 Å². The number of likely N-dealkylation sites (tertiary alicyclic amines) is 1. The lowest BCUT2D eigenvalue weighted by molar-refractivity contribution is -0.126. The molecule has 0 spiro atoms. The molecule has 1 aromatic heterocycles. The second-order valence-corrected chi connectivity index (χ2v) is 7.61. The molecule has 1 unspecified atom stereocenters. The van der Waals surface area contributed by atoms with Crippen molar-refractivity contribution in [2.45, 2.75) is 52.4 Å². The van der Waals surface area contributed by atoms with Gasteiger partial charge in [0.25, 0.3) is 5.91 Å². The van der Waals surface area contributed by atoms with Gasteiger partial charge in [0.15, 0.2) is 0 Å². The zero-order valence-electron chi connectivity index (χ0n) is 16.5. The Bertz CT molecular complexity index is 796. The summed E-state index contributed by atoms with van der Waals surface area (Å²) in [5.41, 5.74) is 2.62. The predicted molar refractivity (Wildman–Crippen MR) is 109 cm³/mol. The van der Waals surface area contributed by atoms with Gasteiger partial charge in [-0.1, -0.05) is 44.4 Å². The van der Waals surface area contributed by atoms with Gasteiger partial charge in [-0.15, -0.1) is 0 Å². The van der Waals surface area contributed by atoms with E-state index in [-0.39, 0.29) is 17.7 Å². The molecule has 27 heavy (non-hydrogen) atoms. The van der Waals surface area contributed by atoms with Crippen LogP contribution in [0.4, 0.5) is 0 Å². The maximum Gasteiger partial charge on any atom is 0.256 e. The molecule has 0 radical (unpaired) electrons. The summed E-state index contributed by atoms with van der Waals surface area (Å²) in [6.07, 6.45) is 6.33. The number of aromatic amines is 1. The van der Waals surface area contributed by atoms with Gasteiger partial charge in [-0.05, 0) is 32.3 Å². The van der Waals surface area contributed by atoms with E-state index in [4.69, 9.17) is 0 Å². The molecular formula is C22H31N3O2. The third-order valence-corrected chi connectivity index (χ3v) is 5.52. The molecule has 1 fully saturated rings. The number of carbonyl (C=O) groups is 2. The summed E-state index contributed by atoms with van der Waals surface area (Å²) in [5.74, 6) is 0.0319. The minimum Gasteiger partial charge on any atom is -0.358 e. The smallest absolute Gasteiger partial charge is 0.256 e. The highest BCUT2D eigenvalue weighted by Gasteiger charge is 2.30. The summed E-state index contributed by atoms with van der Waals surface area (Å²) in [6, 6.07) is 7.90. The molecule has 5 nitrogen and oxygen atoms in total. The largest absolute Gasteiger partial charge is 0.358 e.